The molecule has 4 aromatic carbocycles. The Bertz CT molecular complexity index is 2630. The molecule has 0 amide bonds. The molecule has 5 nitrogen and oxygen atoms in total. The maximum Gasteiger partial charge on any atom is 0.183 e. The molecular weight excluding hydrogens is 665 g/mol. The normalized spacial score (nSPS) is 13.6. The first kappa shape index (κ1) is 33.0. The molecule has 8 aromatic rings. The number of fused-ring (bicyclic) bond motifs is 6. The Hall–Kier alpha value is -5.85. The lowest BCUT2D eigenvalue weighted by Gasteiger charge is -2.35. The van der Waals surface area contributed by atoms with Crippen LogP contribution in [0.4, 0.5) is 0 Å². The van der Waals surface area contributed by atoms with Crippen molar-refractivity contribution < 1.29 is 4.74 Å². The summed E-state index contributed by atoms with van der Waals surface area (Å²) >= 11 is 0. The highest BCUT2D eigenvalue weighted by Gasteiger charge is 2.51. The quantitative estimate of drug-likeness (QED) is 0.168. The average molecular weight is 707 g/mol. The Morgan fingerprint density at radius 3 is 1.96 bits per heavy atom. The van der Waals surface area contributed by atoms with Crippen molar-refractivity contribution in [3.05, 3.63) is 157 Å². The molecular formula is C47H42N4OSi. The van der Waals surface area contributed by atoms with E-state index < -0.39 is 8.07 Å². The average Bonchev–Trinajstić information content (AvgIpc) is 3.65. The Morgan fingerprint density at radius 1 is 0.585 bits per heavy atom. The highest BCUT2D eigenvalue weighted by molar-refractivity contribution is 7.22. The molecule has 53 heavy (non-hydrogen) atoms. The Morgan fingerprint density at radius 2 is 1.26 bits per heavy atom. The third kappa shape index (κ3) is 5.23. The number of pyridine rings is 3. The molecule has 6 heteroatoms. The zero-order chi connectivity index (χ0) is 36.5. The Labute approximate surface area is 312 Å². The van der Waals surface area contributed by atoms with E-state index in [2.05, 4.69) is 172 Å². The summed E-state index contributed by atoms with van der Waals surface area (Å²) in [5, 5.41) is 7.61. The minimum Gasteiger partial charge on any atom is -0.457 e. The van der Waals surface area contributed by atoms with Crippen molar-refractivity contribution in [3.63, 3.8) is 0 Å². The van der Waals surface area contributed by atoms with Gasteiger partial charge < -0.3 is 4.74 Å². The molecule has 5 heterocycles. The molecule has 0 radical (unpaired) electrons. The maximum atomic E-state index is 6.81. The largest absolute Gasteiger partial charge is 0.457 e. The van der Waals surface area contributed by atoms with Crippen molar-refractivity contribution in [3.8, 4) is 28.6 Å². The van der Waals surface area contributed by atoms with E-state index in [-0.39, 0.29) is 10.8 Å². The van der Waals surface area contributed by atoms with Crippen LogP contribution in [0, 0.1) is 0 Å². The summed E-state index contributed by atoms with van der Waals surface area (Å²) in [4.78, 5) is 14.5. The van der Waals surface area contributed by atoms with Gasteiger partial charge in [-0.05, 0) is 91.2 Å². The van der Waals surface area contributed by atoms with Crippen molar-refractivity contribution in [2.75, 3.05) is 0 Å². The van der Waals surface area contributed by atoms with Gasteiger partial charge in [-0.25, -0.2) is 4.98 Å². The minimum absolute atomic E-state index is 0.0115. The first-order valence-electron chi connectivity index (χ1n) is 18.3. The van der Waals surface area contributed by atoms with Crippen LogP contribution in [0.1, 0.15) is 52.7 Å². The van der Waals surface area contributed by atoms with E-state index in [1.54, 1.807) is 0 Å². The van der Waals surface area contributed by atoms with E-state index >= 15 is 0 Å². The molecule has 0 fully saturated rings. The van der Waals surface area contributed by atoms with Crippen molar-refractivity contribution in [2.45, 2.75) is 52.4 Å². The van der Waals surface area contributed by atoms with Crippen LogP contribution in [0.3, 0.4) is 0 Å². The summed E-state index contributed by atoms with van der Waals surface area (Å²) in [7, 11) is -2.75. The van der Waals surface area contributed by atoms with Crippen molar-refractivity contribution >= 4 is 50.6 Å². The van der Waals surface area contributed by atoms with E-state index in [1.165, 1.54) is 31.9 Å². The molecule has 1 aliphatic heterocycles. The summed E-state index contributed by atoms with van der Waals surface area (Å²) in [5.74, 6) is 2.41. The number of ether oxygens (including phenoxy) is 1. The number of benzene rings is 4. The standard InChI is InChI=1S/C47H42N4OSi/c1-46(2,3)31-21-25-49-43(27-31)51-40-23-24-48-30-38(40)36-19-17-33(29-41(36)51)52-32-18-20-42-37(28-32)44-45(39(22-26-50-44)47(4,5)6)53(42,34-13-9-7-10-14-34)35-15-11-8-12-16-35/h7-30H,1-6H3. The minimum atomic E-state index is -2.75. The fraction of sp³-hybridized carbons (Fsp3) is 0.170. The molecule has 260 valence electrons. The van der Waals surface area contributed by atoms with E-state index in [0.29, 0.717) is 0 Å². The van der Waals surface area contributed by atoms with Crippen LogP contribution in [-0.2, 0) is 10.8 Å². The summed E-state index contributed by atoms with van der Waals surface area (Å²) < 4.78 is 9.03. The van der Waals surface area contributed by atoms with E-state index in [9.17, 15) is 0 Å². The molecule has 0 N–H and O–H groups in total. The second-order valence-corrected chi connectivity index (χ2v) is 19.9. The number of nitrogens with zero attached hydrogens (tertiary/aromatic N) is 4. The van der Waals surface area contributed by atoms with Gasteiger partial charge in [-0.3, -0.25) is 14.5 Å². The SMILES string of the molecule is CC(C)(C)c1ccnc(-n2c3ccncc3c3ccc(Oc4ccc5c(c4)-c4nccc(C(C)(C)C)c4[Si]5(c4ccccc4)c4ccccc4)cc32)c1. The lowest BCUT2D eigenvalue weighted by atomic mass is 9.87. The van der Waals surface area contributed by atoms with Crippen LogP contribution in [0.2, 0.25) is 0 Å². The van der Waals surface area contributed by atoms with Gasteiger partial charge in [0, 0.05) is 47.2 Å². The van der Waals surface area contributed by atoms with Crippen LogP contribution >= 0.6 is 0 Å². The molecule has 0 atom stereocenters. The van der Waals surface area contributed by atoms with Gasteiger partial charge in [-0.1, -0.05) is 108 Å². The molecule has 0 spiro atoms. The Kier molecular flexibility index (Phi) is 7.54. The van der Waals surface area contributed by atoms with E-state index in [1.807, 2.05) is 24.8 Å². The van der Waals surface area contributed by atoms with E-state index in [4.69, 9.17) is 14.7 Å². The van der Waals surface area contributed by atoms with Gasteiger partial charge in [0.2, 0.25) is 0 Å². The number of aromatic nitrogens is 4. The smallest absolute Gasteiger partial charge is 0.183 e. The molecule has 0 saturated carbocycles. The predicted molar refractivity (Wildman–Crippen MR) is 221 cm³/mol. The van der Waals surface area contributed by atoms with Crippen LogP contribution < -0.4 is 25.5 Å². The zero-order valence-corrected chi connectivity index (χ0v) is 32.1. The maximum absolute atomic E-state index is 6.81. The van der Waals surface area contributed by atoms with Gasteiger partial charge in [-0.2, -0.15) is 0 Å². The fourth-order valence-electron chi connectivity index (χ4n) is 8.35. The van der Waals surface area contributed by atoms with Crippen molar-refractivity contribution in [2.24, 2.45) is 0 Å². The van der Waals surface area contributed by atoms with Gasteiger partial charge in [0.15, 0.2) is 8.07 Å². The third-order valence-electron chi connectivity index (χ3n) is 10.8. The zero-order valence-electron chi connectivity index (χ0n) is 31.1. The topological polar surface area (TPSA) is 52.8 Å². The molecule has 0 saturated heterocycles. The third-order valence-corrected chi connectivity index (χ3v) is 15.7. The van der Waals surface area contributed by atoms with Crippen LogP contribution in [0.15, 0.2) is 146 Å². The van der Waals surface area contributed by atoms with Crippen molar-refractivity contribution in [1.29, 1.82) is 0 Å². The second-order valence-electron chi connectivity index (χ2n) is 16.2. The molecule has 1 aliphatic rings. The highest BCUT2D eigenvalue weighted by Crippen LogP contribution is 2.38. The first-order valence-corrected chi connectivity index (χ1v) is 20.3. The van der Waals surface area contributed by atoms with Gasteiger partial charge in [0.25, 0.3) is 0 Å². The van der Waals surface area contributed by atoms with Gasteiger partial charge in [0.05, 0.1) is 16.7 Å². The number of hydrogen-bond donors (Lipinski definition) is 0. The lowest BCUT2D eigenvalue weighted by molar-refractivity contribution is 0.483. The van der Waals surface area contributed by atoms with Gasteiger partial charge >= 0.3 is 0 Å². The first-order chi connectivity index (χ1) is 25.5. The Balaban J connectivity index is 1.23. The lowest BCUT2D eigenvalue weighted by Crippen LogP contribution is -2.73. The molecule has 0 bridgehead atoms. The molecule has 9 rings (SSSR count). The predicted octanol–water partition coefficient (Wildman–Crippen LogP) is 8.71. The molecule has 0 unspecified atom stereocenters. The molecule has 4 aromatic heterocycles. The monoisotopic (exact) mass is 706 g/mol. The summed E-state index contributed by atoms with van der Waals surface area (Å²) in [5.41, 5.74) is 6.76. The summed E-state index contributed by atoms with van der Waals surface area (Å²) in [6.45, 7) is 13.6. The fourth-order valence-corrected chi connectivity index (χ4v) is 13.9. The van der Waals surface area contributed by atoms with Crippen LogP contribution in [-0.4, -0.2) is 27.6 Å². The molecule has 0 aliphatic carbocycles. The van der Waals surface area contributed by atoms with Gasteiger partial charge in [0.1, 0.15) is 17.3 Å². The van der Waals surface area contributed by atoms with Crippen LogP contribution in [0.25, 0.3) is 38.9 Å². The highest BCUT2D eigenvalue weighted by atomic mass is 28.3. The summed E-state index contributed by atoms with van der Waals surface area (Å²) in [6.07, 6.45) is 7.68. The number of hydrogen-bond acceptors (Lipinski definition) is 4. The second kappa shape index (κ2) is 12.1. The van der Waals surface area contributed by atoms with Crippen LogP contribution in [0.5, 0.6) is 11.5 Å². The van der Waals surface area contributed by atoms with E-state index in [0.717, 1.165) is 50.4 Å². The number of rotatable bonds is 5. The van der Waals surface area contributed by atoms with Gasteiger partial charge in [-0.15, -0.1) is 0 Å². The van der Waals surface area contributed by atoms with Crippen molar-refractivity contribution in [1.82, 2.24) is 19.5 Å². The summed E-state index contributed by atoms with van der Waals surface area (Å²) in [6, 6.07) is 43.8.